The van der Waals surface area contributed by atoms with Crippen molar-refractivity contribution in [3.63, 3.8) is 0 Å². The second-order valence-electron chi connectivity index (χ2n) is 7.60. The molecule has 1 aromatic heterocycles. The molecule has 0 aliphatic carbocycles. The van der Waals surface area contributed by atoms with Crippen molar-refractivity contribution < 1.29 is 9.53 Å². The number of primary amides is 1. The number of carbonyl (C=O) groups excluding carboxylic acids is 1. The summed E-state index contributed by atoms with van der Waals surface area (Å²) in [6, 6.07) is 14.7. The molecule has 2 fully saturated rings. The zero-order valence-electron chi connectivity index (χ0n) is 15.8. The van der Waals surface area contributed by atoms with E-state index in [-0.39, 0.29) is 0 Å². The molecule has 7 nitrogen and oxygen atoms in total. The van der Waals surface area contributed by atoms with Crippen LogP contribution in [0.2, 0.25) is 0 Å². The van der Waals surface area contributed by atoms with Gasteiger partial charge < -0.3 is 20.4 Å². The number of hydrogen-bond acceptors (Lipinski definition) is 5. The SMILES string of the molecule is COc1ccc(CN2C[C@H]3C[C@H]2CN3c2nc3c(C(N)=O)cccc3[nH]2)cc1. The van der Waals surface area contributed by atoms with Crippen LogP contribution in [0.3, 0.4) is 0 Å². The highest BCUT2D eigenvalue weighted by Crippen LogP contribution is 2.35. The molecule has 2 atom stereocenters. The van der Waals surface area contributed by atoms with Crippen LogP contribution in [0.4, 0.5) is 5.95 Å². The number of aromatic amines is 1. The number of hydrogen-bond donors (Lipinski definition) is 2. The van der Waals surface area contributed by atoms with Gasteiger partial charge in [-0.3, -0.25) is 9.69 Å². The third kappa shape index (κ3) is 2.79. The fourth-order valence-electron chi connectivity index (χ4n) is 4.52. The molecule has 0 spiro atoms. The summed E-state index contributed by atoms with van der Waals surface area (Å²) in [5.74, 6) is 1.27. The molecule has 0 saturated carbocycles. The largest absolute Gasteiger partial charge is 0.497 e. The van der Waals surface area contributed by atoms with E-state index in [4.69, 9.17) is 15.5 Å². The van der Waals surface area contributed by atoms with Crippen molar-refractivity contribution in [1.29, 1.82) is 0 Å². The second kappa shape index (κ2) is 6.53. The molecule has 3 heterocycles. The summed E-state index contributed by atoms with van der Waals surface area (Å²) >= 11 is 0. The predicted octanol–water partition coefficient (Wildman–Crippen LogP) is 2.13. The summed E-state index contributed by atoms with van der Waals surface area (Å²) in [4.78, 5) is 24.6. The number of para-hydroxylation sites is 1. The maximum absolute atomic E-state index is 11.7. The quantitative estimate of drug-likeness (QED) is 0.711. The molecule has 2 aliphatic heterocycles. The van der Waals surface area contributed by atoms with Gasteiger partial charge in [0.1, 0.15) is 11.3 Å². The van der Waals surface area contributed by atoms with Gasteiger partial charge >= 0.3 is 0 Å². The van der Waals surface area contributed by atoms with Crippen molar-refractivity contribution >= 4 is 22.9 Å². The minimum atomic E-state index is -0.447. The normalized spacial score (nSPS) is 21.5. The Kier molecular flexibility index (Phi) is 3.98. The summed E-state index contributed by atoms with van der Waals surface area (Å²) in [5, 5.41) is 0. The zero-order valence-corrected chi connectivity index (χ0v) is 15.8. The Balaban J connectivity index is 1.32. The number of nitrogens with two attached hydrogens (primary N) is 1. The number of aromatic nitrogens is 2. The second-order valence-corrected chi connectivity index (χ2v) is 7.60. The Morgan fingerprint density at radius 1 is 1.21 bits per heavy atom. The molecule has 1 amide bonds. The molecule has 3 aromatic rings. The van der Waals surface area contributed by atoms with Crippen molar-refractivity contribution in [3.05, 3.63) is 53.6 Å². The number of nitrogens with one attached hydrogen (secondary N) is 1. The lowest BCUT2D eigenvalue weighted by atomic mass is 10.2. The van der Waals surface area contributed by atoms with E-state index in [1.54, 1.807) is 13.2 Å². The van der Waals surface area contributed by atoms with Gasteiger partial charge in [0, 0.05) is 31.7 Å². The fraction of sp³-hybridized carbons (Fsp3) is 0.333. The number of benzene rings is 2. The highest BCUT2D eigenvalue weighted by atomic mass is 16.5. The fourth-order valence-corrected chi connectivity index (χ4v) is 4.52. The highest BCUT2D eigenvalue weighted by molar-refractivity contribution is 6.04. The summed E-state index contributed by atoms with van der Waals surface area (Å²) in [6.45, 7) is 2.90. The van der Waals surface area contributed by atoms with Gasteiger partial charge in [-0.05, 0) is 36.2 Å². The van der Waals surface area contributed by atoms with Crippen LogP contribution in [0, 0.1) is 0 Å². The molecule has 7 heteroatoms. The van der Waals surface area contributed by atoms with E-state index in [1.165, 1.54) is 5.56 Å². The maximum Gasteiger partial charge on any atom is 0.250 e. The van der Waals surface area contributed by atoms with Crippen LogP contribution in [-0.2, 0) is 6.54 Å². The molecule has 0 radical (unpaired) electrons. The summed E-state index contributed by atoms with van der Waals surface area (Å²) < 4.78 is 5.24. The third-order valence-corrected chi connectivity index (χ3v) is 5.94. The van der Waals surface area contributed by atoms with Crippen molar-refractivity contribution in [2.24, 2.45) is 5.73 Å². The van der Waals surface area contributed by atoms with E-state index in [2.05, 4.69) is 26.9 Å². The number of nitrogens with zero attached hydrogens (tertiary/aromatic N) is 3. The standard InChI is InChI=1S/C21H23N5O2/c1-28-16-7-5-13(6-8-16)10-25-11-15-9-14(25)12-26(15)21-23-18-4-2-3-17(20(22)27)19(18)24-21/h2-8,14-15H,9-12H2,1H3,(H2,22,27)(H,23,24)/t14-,15+/m0/s1. The first-order valence-corrected chi connectivity index (χ1v) is 9.54. The van der Waals surface area contributed by atoms with Crippen molar-refractivity contribution in [2.45, 2.75) is 25.0 Å². The summed E-state index contributed by atoms with van der Waals surface area (Å²) in [7, 11) is 1.69. The van der Waals surface area contributed by atoms with Gasteiger partial charge in [0.15, 0.2) is 0 Å². The lowest BCUT2D eigenvalue weighted by Crippen LogP contribution is -2.46. The average Bonchev–Trinajstić information content (AvgIpc) is 3.41. The molecule has 3 N–H and O–H groups in total. The predicted molar refractivity (Wildman–Crippen MR) is 108 cm³/mol. The molecule has 0 unspecified atom stereocenters. The molecule has 2 bridgehead atoms. The number of methoxy groups -OCH3 is 1. The smallest absolute Gasteiger partial charge is 0.250 e. The number of fused-ring (bicyclic) bond motifs is 3. The van der Waals surface area contributed by atoms with Gasteiger partial charge in [0.2, 0.25) is 5.95 Å². The zero-order chi connectivity index (χ0) is 19.3. The summed E-state index contributed by atoms with van der Waals surface area (Å²) in [5.41, 5.74) is 8.76. The molecule has 2 aliphatic rings. The van der Waals surface area contributed by atoms with E-state index in [1.807, 2.05) is 24.3 Å². The Hall–Kier alpha value is -3.06. The maximum atomic E-state index is 11.7. The van der Waals surface area contributed by atoms with Crippen LogP contribution >= 0.6 is 0 Å². The molecular formula is C21H23N5O2. The minimum Gasteiger partial charge on any atom is -0.497 e. The van der Waals surface area contributed by atoms with Crippen LogP contribution in [0.15, 0.2) is 42.5 Å². The number of carbonyl (C=O) groups is 1. The Morgan fingerprint density at radius 3 is 2.71 bits per heavy atom. The number of ether oxygens (including phenoxy) is 1. The van der Waals surface area contributed by atoms with E-state index in [0.29, 0.717) is 23.2 Å². The van der Waals surface area contributed by atoms with Crippen LogP contribution < -0.4 is 15.4 Å². The van der Waals surface area contributed by atoms with Crippen LogP contribution in [-0.4, -0.2) is 53.1 Å². The highest BCUT2D eigenvalue weighted by Gasteiger charge is 2.44. The van der Waals surface area contributed by atoms with E-state index < -0.39 is 5.91 Å². The molecule has 2 saturated heterocycles. The van der Waals surface area contributed by atoms with E-state index in [0.717, 1.165) is 43.3 Å². The first-order valence-electron chi connectivity index (χ1n) is 9.54. The average molecular weight is 377 g/mol. The summed E-state index contributed by atoms with van der Waals surface area (Å²) in [6.07, 6.45) is 1.13. The number of likely N-dealkylation sites (tertiary alicyclic amines) is 1. The molecular weight excluding hydrogens is 354 g/mol. The molecule has 5 rings (SSSR count). The number of amides is 1. The Labute approximate surface area is 163 Å². The Morgan fingerprint density at radius 2 is 2.04 bits per heavy atom. The van der Waals surface area contributed by atoms with Gasteiger partial charge in [-0.2, -0.15) is 0 Å². The third-order valence-electron chi connectivity index (χ3n) is 5.94. The van der Waals surface area contributed by atoms with Crippen LogP contribution in [0.5, 0.6) is 5.75 Å². The van der Waals surface area contributed by atoms with Gasteiger partial charge in [-0.1, -0.05) is 18.2 Å². The molecule has 28 heavy (non-hydrogen) atoms. The van der Waals surface area contributed by atoms with Crippen molar-refractivity contribution in [3.8, 4) is 5.75 Å². The molecule has 2 aromatic carbocycles. The lowest BCUT2D eigenvalue weighted by Gasteiger charge is -2.34. The topological polar surface area (TPSA) is 87.5 Å². The minimum absolute atomic E-state index is 0.431. The van der Waals surface area contributed by atoms with Gasteiger partial charge in [-0.25, -0.2) is 4.98 Å². The first-order chi connectivity index (χ1) is 13.6. The monoisotopic (exact) mass is 377 g/mol. The van der Waals surface area contributed by atoms with Crippen molar-refractivity contribution in [1.82, 2.24) is 14.9 Å². The van der Waals surface area contributed by atoms with Crippen LogP contribution in [0.1, 0.15) is 22.3 Å². The Bertz CT molecular complexity index is 1030. The molecule has 144 valence electrons. The lowest BCUT2D eigenvalue weighted by molar-refractivity contribution is 0.100. The number of rotatable bonds is 5. The number of H-pyrrole nitrogens is 1. The number of piperazine rings is 1. The first kappa shape index (κ1) is 17.1. The number of imidazole rings is 1. The van der Waals surface area contributed by atoms with E-state index in [9.17, 15) is 4.79 Å². The van der Waals surface area contributed by atoms with Gasteiger partial charge in [0.25, 0.3) is 5.91 Å². The van der Waals surface area contributed by atoms with Crippen LogP contribution in [0.25, 0.3) is 11.0 Å². The number of anilines is 1. The van der Waals surface area contributed by atoms with Gasteiger partial charge in [-0.15, -0.1) is 0 Å². The van der Waals surface area contributed by atoms with Gasteiger partial charge in [0.05, 0.1) is 18.2 Å². The van der Waals surface area contributed by atoms with Crippen molar-refractivity contribution in [2.75, 3.05) is 25.1 Å². The van der Waals surface area contributed by atoms with E-state index >= 15 is 0 Å².